The maximum atomic E-state index is 12.7. The molecular formula is C27H24F3N3O3S. The summed E-state index contributed by atoms with van der Waals surface area (Å²) in [5.41, 5.74) is 2.83. The van der Waals surface area contributed by atoms with E-state index in [9.17, 15) is 18.0 Å². The Morgan fingerprint density at radius 1 is 1.03 bits per heavy atom. The van der Waals surface area contributed by atoms with Gasteiger partial charge in [-0.05, 0) is 66.8 Å². The van der Waals surface area contributed by atoms with E-state index < -0.39 is 6.36 Å². The summed E-state index contributed by atoms with van der Waals surface area (Å²) < 4.78 is 49.1. The van der Waals surface area contributed by atoms with Crippen molar-refractivity contribution < 1.29 is 27.4 Å². The Bertz CT molecular complexity index is 1350. The molecule has 0 unspecified atom stereocenters. The summed E-state index contributed by atoms with van der Waals surface area (Å²) in [5, 5.41) is 2.88. The highest BCUT2D eigenvalue weighted by Crippen LogP contribution is 2.33. The quantitative estimate of drug-likeness (QED) is 0.234. The molecule has 37 heavy (non-hydrogen) atoms. The fourth-order valence-electron chi connectivity index (χ4n) is 3.54. The molecule has 0 radical (unpaired) electrons. The number of anilines is 1. The van der Waals surface area contributed by atoms with Crippen LogP contribution in [0.3, 0.4) is 0 Å². The number of aromatic nitrogens is 2. The molecule has 0 aliphatic carbocycles. The van der Waals surface area contributed by atoms with E-state index in [0.29, 0.717) is 22.9 Å². The van der Waals surface area contributed by atoms with Crippen molar-refractivity contribution in [1.82, 2.24) is 9.55 Å². The van der Waals surface area contributed by atoms with Crippen LogP contribution in [0.25, 0.3) is 5.69 Å². The maximum Gasteiger partial charge on any atom is 0.573 e. The average molecular weight is 528 g/mol. The van der Waals surface area contributed by atoms with Crippen molar-refractivity contribution >= 4 is 23.4 Å². The van der Waals surface area contributed by atoms with Crippen molar-refractivity contribution in [2.75, 3.05) is 11.1 Å². The zero-order chi connectivity index (χ0) is 26.4. The number of amides is 1. The van der Waals surface area contributed by atoms with Crippen LogP contribution in [0.5, 0.6) is 17.2 Å². The lowest BCUT2D eigenvalue weighted by Gasteiger charge is -2.15. The van der Waals surface area contributed by atoms with Gasteiger partial charge in [0.25, 0.3) is 0 Å². The highest BCUT2D eigenvalue weighted by atomic mass is 32.2. The summed E-state index contributed by atoms with van der Waals surface area (Å²) in [6.45, 7) is 3.93. The molecule has 0 aliphatic heterocycles. The molecule has 0 aliphatic rings. The monoisotopic (exact) mass is 527 g/mol. The first-order valence-electron chi connectivity index (χ1n) is 11.4. The maximum absolute atomic E-state index is 12.7. The highest BCUT2D eigenvalue weighted by Gasteiger charge is 2.31. The Morgan fingerprint density at radius 2 is 1.73 bits per heavy atom. The SMILES string of the molecule is CCSc1ccc(CC(=O)Nc2ccc(-n3cnc(C)c3)c(Oc3ccc(OC(F)(F)F)cc3)c2)cc1. The first-order valence-corrected chi connectivity index (χ1v) is 12.4. The number of benzene rings is 3. The predicted octanol–water partition coefficient (Wildman–Crippen LogP) is 7.16. The largest absolute Gasteiger partial charge is 0.573 e. The molecule has 0 saturated heterocycles. The van der Waals surface area contributed by atoms with Gasteiger partial charge in [-0.15, -0.1) is 24.9 Å². The van der Waals surface area contributed by atoms with Gasteiger partial charge in [0, 0.05) is 22.8 Å². The number of carbonyl (C=O) groups excluding carboxylic acids is 1. The molecular weight excluding hydrogens is 503 g/mol. The molecule has 1 N–H and O–H groups in total. The molecule has 0 bridgehead atoms. The molecule has 3 aromatic carbocycles. The van der Waals surface area contributed by atoms with Gasteiger partial charge in [0.15, 0.2) is 5.75 Å². The number of hydrogen-bond acceptors (Lipinski definition) is 5. The molecule has 0 atom stereocenters. The summed E-state index contributed by atoms with van der Waals surface area (Å²) in [6, 6.07) is 18.1. The molecule has 1 amide bonds. The molecule has 0 fully saturated rings. The van der Waals surface area contributed by atoms with Crippen LogP contribution < -0.4 is 14.8 Å². The zero-order valence-electron chi connectivity index (χ0n) is 20.1. The Balaban J connectivity index is 1.53. The minimum Gasteiger partial charge on any atom is -0.455 e. The summed E-state index contributed by atoms with van der Waals surface area (Å²) >= 11 is 1.73. The van der Waals surface area contributed by atoms with Gasteiger partial charge in [-0.3, -0.25) is 4.79 Å². The summed E-state index contributed by atoms with van der Waals surface area (Å²) in [7, 11) is 0. The average Bonchev–Trinajstić information content (AvgIpc) is 3.27. The van der Waals surface area contributed by atoms with Crippen molar-refractivity contribution in [3.05, 3.63) is 90.5 Å². The predicted molar refractivity (Wildman–Crippen MR) is 137 cm³/mol. The Labute approximate surface area is 216 Å². The molecule has 10 heteroatoms. The Hall–Kier alpha value is -3.92. The number of alkyl halides is 3. The second kappa shape index (κ2) is 11.4. The van der Waals surface area contributed by atoms with Crippen LogP contribution in [0.2, 0.25) is 0 Å². The van der Waals surface area contributed by atoms with E-state index in [1.165, 1.54) is 24.3 Å². The minimum atomic E-state index is -4.78. The number of carbonyl (C=O) groups is 1. The van der Waals surface area contributed by atoms with Gasteiger partial charge in [-0.25, -0.2) is 4.98 Å². The van der Waals surface area contributed by atoms with Crippen LogP contribution in [-0.4, -0.2) is 27.6 Å². The lowest BCUT2D eigenvalue weighted by atomic mass is 10.1. The first-order chi connectivity index (χ1) is 17.7. The number of nitrogens with one attached hydrogen (secondary N) is 1. The van der Waals surface area contributed by atoms with E-state index >= 15 is 0 Å². The summed E-state index contributed by atoms with van der Waals surface area (Å²) in [6.07, 6.45) is -1.15. The fraction of sp³-hybridized carbons (Fsp3) is 0.185. The van der Waals surface area contributed by atoms with E-state index in [1.807, 2.05) is 31.2 Å². The number of aryl methyl sites for hydroxylation is 1. The van der Waals surface area contributed by atoms with Gasteiger partial charge in [0.05, 0.1) is 24.1 Å². The number of hydrogen-bond donors (Lipinski definition) is 1. The molecule has 1 aromatic heterocycles. The molecule has 192 valence electrons. The second-order valence-corrected chi connectivity index (χ2v) is 9.37. The summed E-state index contributed by atoms with van der Waals surface area (Å²) in [4.78, 5) is 18.1. The highest BCUT2D eigenvalue weighted by molar-refractivity contribution is 7.99. The molecule has 4 rings (SSSR count). The van der Waals surface area contributed by atoms with Gasteiger partial charge in [0.1, 0.15) is 11.5 Å². The van der Waals surface area contributed by atoms with E-state index in [-0.39, 0.29) is 18.1 Å². The van der Waals surface area contributed by atoms with E-state index in [1.54, 1.807) is 47.1 Å². The lowest BCUT2D eigenvalue weighted by Crippen LogP contribution is -2.16. The third kappa shape index (κ3) is 7.53. The molecule has 6 nitrogen and oxygen atoms in total. The van der Waals surface area contributed by atoms with Crippen molar-refractivity contribution in [3.63, 3.8) is 0 Å². The number of rotatable bonds is 9. The van der Waals surface area contributed by atoms with Gasteiger partial charge < -0.3 is 19.4 Å². The number of imidazole rings is 1. The van der Waals surface area contributed by atoms with Gasteiger partial charge in [-0.2, -0.15) is 0 Å². The Kier molecular flexibility index (Phi) is 8.08. The number of thioether (sulfide) groups is 1. The minimum absolute atomic E-state index is 0.193. The molecule has 4 aromatic rings. The van der Waals surface area contributed by atoms with Crippen molar-refractivity contribution in [1.29, 1.82) is 0 Å². The molecule has 0 spiro atoms. The third-order valence-corrected chi connectivity index (χ3v) is 6.01. The van der Waals surface area contributed by atoms with Crippen LogP contribution in [-0.2, 0) is 11.2 Å². The van der Waals surface area contributed by atoms with E-state index in [0.717, 1.165) is 21.9 Å². The number of nitrogens with zero attached hydrogens (tertiary/aromatic N) is 2. The van der Waals surface area contributed by atoms with Crippen molar-refractivity contribution in [3.8, 4) is 22.9 Å². The van der Waals surface area contributed by atoms with E-state index in [2.05, 4.69) is 22.0 Å². The standard InChI is InChI=1S/C27H24F3N3O3S/c1-3-37-23-11-4-19(5-12-23)14-26(34)32-20-6-13-24(33-16-18(2)31-17-33)25(15-20)35-21-7-9-22(10-8-21)36-27(28,29)30/h4-13,15-17H,3,14H2,1-2H3,(H,32,34). The summed E-state index contributed by atoms with van der Waals surface area (Å²) in [5.74, 6) is 1.10. The van der Waals surface area contributed by atoms with Crippen LogP contribution in [0.1, 0.15) is 18.2 Å². The normalized spacial score (nSPS) is 11.3. The Morgan fingerprint density at radius 3 is 2.35 bits per heavy atom. The van der Waals surface area contributed by atoms with Crippen LogP contribution >= 0.6 is 11.8 Å². The third-order valence-electron chi connectivity index (χ3n) is 5.12. The lowest BCUT2D eigenvalue weighted by molar-refractivity contribution is -0.274. The van der Waals surface area contributed by atoms with Crippen molar-refractivity contribution in [2.45, 2.75) is 31.5 Å². The van der Waals surface area contributed by atoms with Crippen molar-refractivity contribution in [2.24, 2.45) is 0 Å². The second-order valence-electron chi connectivity index (χ2n) is 8.03. The first kappa shape index (κ1) is 26.2. The van der Waals surface area contributed by atoms with Crippen LogP contribution in [0, 0.1) is 6.92 Å². The van der Waals surface area contributed by atoms with Crippen LogP contribution in [0.4, 0.5) is 18.9 Å². The van der Waals surface area contributed by atoms with Gasteiger partial charge in [0.2, 0.25) is 5.91 Å². The van der Waals surface area contributed by atoms with E-state index in [4.69, 9.17) is 4.74 Å². The molecule has 1 heterocycles. The zero-order valence-corrected chi connectivity index (χ0v) is 20.9. The number of halogens is 3. The smallest absolute Gasteiger partial charge is 0.455 e. The number of ether oxygens (including phenoxy) is 2. The topological polar surface area (TPSA) is 65.4 Å². The molecule has 0 saturated carbocycles. The van der Waals surface area contributed by atoms with Crippen LogP contribution in [0.15, 0.2) is 84.1 Å². The van der Waals surface area contributed by atoms with Gasteiger partial charge in [-0.1, -0.05) is 19.1 Å². The van der Waals surface area contributed by atoms with Gasteiger partial charge >= 0.3 is 6.36 Å². The fourth-order valence-corrected chi connectivity index (χ4v) is 4.20.